The van der Waals surface area contributed by atoms with E-state index in [1.165, 1.54) is 11.1 Å². The molecular weight excluding hydrogens is 436 g/mol. The van der Waals surface area contributed by atoms with Crippen LogP contribution >= 0.6 is 0 Å². The molecule has 5 aliphatic rings. The fraction of sp³-hybridized carbons (Fsp3) is 0.393. The first-order chi connectivity index (χ1) is 16.8. The van der Waals surface area contributed by atoms with Crippen molar-refractivity contribution in [3.63, 3.8) is 0 Å². The summed E-state index contributed by atoms with van der Waals surface area (Å²) in [7, 11) is 0. The molecule has 7 heteroatoms. The molecular formula is C28H30N6O. The van der Waals surface area contributed by atoms with E-state index in [9.17, 15) is 4.79 Å². The van der Waals surface area contributed by atoms with E-state index in [0.29, 0.717) is 0 Å². The lowest BCUT2D eigenvalue weighted by atomic mass is 9.62. The first kappa shape index (κ1) is 21.9. The van der Waals surface area contributed by atoms with Crippen molar-refractivity contribution in [1.82, 2.24) is 10.6 Å². The van der Waals surface area contributed by atoms with Crippen LogP contribution in [0.15, 0.2) is 84.9 Å². The van der Waals surface area contributed by atoms with Gasteiger partial charge in [-0.3, -0.25) is 4.79 Å². The maximum atomic E-state index is 13.6. The molecule has 1 aromatic carbocycles. The fourth-order valence-electron chi connectivity index (χ4n) is 6.20. The molecule has 0 saturated carbocycles. The molecule has 35 heavy (non-hydrogen) atoms. The second kappa shape index (κ2) is 7.70. The van der Waals surface area contributed by atoms with E-state index in [1.807, 2.05) is 19.3 Å². The van der Waals surface area contributed by atoms with Crippen LogP contribution in [0.25, 0.3) is 5.57 Å². The number of nitrogens with one attached hydrogen (secondary N) is 2. The Hall–Kier alpha value is -3.61. The molecule has 0 spiro atoms. The number of amidine groups is 1. The molecule has 0 bridgehead atoms. The van der Waals surface area contributed by atoms with Gasteiger partial charge in [-0.25, -0.2) is 9.98 Å². The number of allylic oxidation sites excluding steroid dienone is 3. The highest BCUT2D eigenvalue weighted by Gasteiger charge is 2.53. The Kier molecular flexibility index (Phi) is 4.82. The zero-order valence-corrected chi connectivity index (χ0v) is 20.6. The number of benzene rings is 1. The van der Waals surface area contributed by atoms with Gasteiger partial charge in [0.1, 0.15) is 0 Å². The summed E-state index contributed by atoms with van der Waals surface area (Å²) in [6.07, 6.45) is 8.78. The summed E-state index contributed by atoms with van der Waals surface area (Å²) in [5.74, 6) is 0.801. The molecule has 2 atom stereocenters. The van der Waals surface area contributed by atoms with Crippen molar-refractivity contribution in [2.24, 2.45) is 20.2 Å². The predicted molar refractivity (Wildman–Crippen MR) is 138 cm³/mol. The molecule has 2 N–H and O–H groups in total. The third kappa shape index (κ3) is 3.28. The van der Waals surface area contributed by atoms with Crippen LogP contribution in [0.5, 0.6) is 0 Å². The van der Waals surface area contributed by atoms with Crippen LogP contribution in [0, 0.1) is 0 Å². The van der Waals surface area contributed by atoms with Crippen molar-refractivity contribution in [1.29, 1.82) is 0 Å². The van der Waals surface area contributed by atoms with Crippen LogP contribution in [0.3, 0.4) is 0 Å². The summed E-state index contributed by atoms with van der Waals surface area (Å²) < 4.78 is 0. The molecule has 1 unspecified atom stereocenters. The van der Waals surface area contributed by atoms with Gasteiger partial charge in [-0.2, -0.15) is 10.2 Å². The third-order valence-corrected chi connectivity index (χ3v) is 7.76. The minimum Gasteiger partial charge on any atom is -0.362 e. The minimum absolute atomic E-state index is 0.0172. The Labute approximate surface area is 205 Å². The van der Waals surface area contributed by atoms with Crippen LogP contribution in [0.1, 0.15) is 64.5 Å². The van der Waals surface area contributed by atoms with Gasteiger partial charge in [0, 0.05) is 47.1 Å². The number of aliphatic imine (C=N–C) groups is 2. The molecule has 0 aromatic heterocycles. The molecule has 178 valence electrons. The van der Waals surface area contributed by atoms with E-state index in [4.69, 9.17) is 0 Å². The number of rotatable bonds is 3. The Morgan fingerprint density at radius 1 is 1.17 bits per heavy atom. The quantitative estimate of drug-likeness (QED) is 0.649. The number of fused-ring (bicyclic) bond motifs is 2. The van der Waals surface area contributed by atoms with Crippen molar-refractivity contribution < 1.29 is 4.79 Å². The lowest BCUT2D eigenvalue weighted by Crippen LogP contribution is -2.58. The van der Waals surface area contributed by atoms with Crippen molar-refractivity contribution in [3.05, 3.63) is 75.8 Å². The summed E-state index contributed by atoms with van der Waals surface area (Å²) in [6.45, 7) is 8.29. The van der Waals surface area contributed by atoms with E-state index in [-0.39, 0.29) is 17.6 Å². The average Bonchev–Trinajstić information content (AvgIpc) is 3.30. The Morgan fingerprint density at radius 2 is 2.03 bits per heavy atom. The average molecular weight is 467 g/mol. The zero-order valence-electron chi connectivity index (χ0n) is 20.6. The van der Waals surface area contributed by atoms with Gasteiger partial charge < -0.3 is 10.6 Å². The van der Waals surface area contributed by atoms with Crippen LogP contribution in [-0.4, -0.2) is 29.7 Å². The second-order valence-corrected chi connectivity index (χ2v) is 10.5. The number of carbonyl (C=O) groups excluding carboxylic acids is 1. The first-order valence-corrected chi connectivity index (χ1v) is 12.4. The van der Waals surface area contributed by atoms with Crippen LogP contribution in [-0.2, 0) is 10.2 Å². The van der Waals surface area contributed by atoms with Gasteiger partial charge in [0.2, 0.25) is 0 Å². The number of hydrogen-bond donors (Lipinski definition) is 2. The number of carbonyl (C=O) groups is 1. The normalized spacial score (nSPS) is 28.4. The number of amides is 1. The van der Waals surface area contributed by atoms with E-state index in [1.54, 1.807) is 0 Å². The highest BCUT2D eigenvalue weighted by atomic mass is 16.2. The monoisotopic (exact) mass is 466 g/mol. The summed E-state index contributed by atoms with van der Waals surface area (Å²) in [6, 6.07) is 8.67. The van der Waals surface area contributed by atoms with E-state index in [2.05, 4.69) is 82.0 Å². The number of dihydropyridines is 1. The van der Waals surface area contributed by atoms with Gasteiger partial charge in [0.25, 0.3) is 5.91 Å². The van der Waals surface area contributed by atoms with E-state index >= 15 is 0 Å². The number of hydrogen-bond acceptors (Lipinski definition) is 6. The third-order valence-electron chi connectivity index (χ3n) is 7.76. The maximum absolute atomic E-state index is 13.6. The summed E-state index contributed by atoms with van der Waals surface area (Å²) >= 11 is 0. The molecule has 0 radical (unpaired) electrons. The molecule has 0 saturated heterocycles. The van der Waals surface area contributed by atoms with Gasteiger partial charge in [0.05, 0.1) is 17.2 Å². The van der Waals surface area contributed by atoms with Crippen LogP contribution in [0.2, 0.25) is 0 Å². The molecule has 7 nitrogen and oxygen atoms in total. The summed E-state index contributed by atoms with van der Waals surface area (Å²) in [5.41, 5.74) is 7.58. The maximum Gasteiger partial charge on any atom is 0.250 e. The van der Waals surface area contributed by atoms with Gasteiger partial charge >= 0.3 is 0 Å². The SMILES string of the molecule is CC[C@@]1(c2cccc(C3=C4CC=C(C)N=C4N=CC3)c2)C2=CN=NC2NC2=C1C(=O)NC(C)(C)C2. The van der Waals surface area contributed by atoms with Crippen molar-refractivity contribution in [2.45, 2.75) is 70.5 Å². The molecule has 1 amide bonds. The molecule has 1 aromatic rings. The minimum atomic E-state index is -0.598. The highest BCUT2D eigenvalue weighted by Crippen LogP contribution is 2.51. The van der Waals surface area contributed by atoms with Gasteiger partial charge in [-0.15, -0.1) is 0 Å². The van der Waals surface area contributed by atoms with Gasteiger partial charge in [-0.1, -0.05) is 37.3 Å². The first-order valence-electron chi connectivity index (χ1n) is 12.4. The summed E-state index contributed by atoms with van der Waals surface area (Å²) in [4.78, 5) is 22.9. The van der Waals surface area contributed by atoms with Gasteiger partial charge in [0.15, 0.2) is 12.0 Å². The largest absolute Gasteiger partial charge is 0.362 e. The van der Waals surface area contributed by atoms with E-state index in [0.717, 1.165) is 65.2 Å². The van der Waals surface area contributed by atoms with Crippen molar-refractivity contribution in [3.8, 4) is 0 Å². The molecule has 0 fully saturated rings. The molecule has 5 aliphatic heterocycles. The molecule has 5 heterocycles. The second-order valence-electron chi connectivity index (χ2n) is 10.5. The highest BCUT2D eigenvalue weighted by molar-refractivity contribution is 6.13. The lowest BCUT2D eigenvalue weighted by Gasteiger charge is -2.48. The number of azo groups is 1. The van der Waals surface area contributed by atoms with Crippen LogP contribution < -0.4 is 10.6 Å². The fourth-order valence-corrected chi connectivity index (χ4v) is 6.20. The predicted octanol–water partition coefficient (Wildman–Crippen LogP) is 5.10. The Bertz CT molecular complexity index is 1370. The number of nitrogens with zero attached hydrogens (tertiary/aromatic N) is 4. The standard InChI is InChI=1S/C28H30N6O/c1-5-28(21-15-30-34-25(21)32-22-14-27(3,4)33-26(35)23(22)28)18-8-6-7-17(13-18)19-11-12-29-24-20(19)10-9-16(2)31-24/h6-9,12-13,15,25,32H,5,10-11,14H2,1-4H3,(H,33,35)/t25?,28-/m1/s1. The lowest BCUT2D eigenvalue weighted by molar-refractivity contribution is -0.120. The van der Waals surface area contributed by atoms with Gasteiger partial charge in [-0.05, 0) is 50.3 Å². The van der Waals surface area contributed by atoms with Crippen molar-refractivity contribution >= 4 is 23.5 Å². The van der Waals surface area contributed by atoms with Crippen molar-refractivity contribution in [2.75, 3.05) is 0 Å². The smallest absolute Gasteiger partial charge is 0.250 e. The summed E-state index contributed by atoms with van der Waals surface area (Å²) in [5, 5.41) is 15.5. The zero-order chi connectivity index (χ0) is 24.4. The Morgan fingerprint density at radius 3 is 2.86 bits per heavy atom. The Balaban J connectivity index is 1.53. The molecule has 6 rings (SSSR count). The van der Waals surface area contributed by atoms with E-state index < -0.39 is 5.41 Å². The van der Waals surface area contributed by atoms with Crippen LogP contribution in [0.4, 0.5) is 0 Å². The topological polar surface area (TPSA) is 90.6 Å². The molecule has 0 aliphatic carbocycles.